The summed E-state index contributed by atoms with van der Waals surface area (Å²) in [4.78, 5) is 12.4. The Morgan fingerprint density at radius 2 is 1.61 bits per heavy atom. The summed E-state index contributed by atoms with van der Waals surface area (Å²) in [7, 11) is 6.14. The fourth-order valence-corrected chi connectivity index (χ4v) is 3.76. The molecule has 0 aliphatic rings. The van der Waals surface area contributed by atoms with Gasteiger partial charge >= 0.3 is 6.03 Å². The highest BCUT2D eigenvalue weighted by Gasteiger charge is 2.15. The van der Waals surface area contributed by atoms with Crippen LogP contribution in [0.25, 0.3) is 0 Å². The van der Waals surface area contributed by atoms with Gasteiger partial charge in [-0.1, -0.05) is 29.0 Å². The van der Waals surface area contributed by atoms with Crippen LogP contribution in [0.3, 0.4) is 0 Å². The molecule has 11 heteroatoms. The maximum absolute atomic E-state index is 12.4. The minimum absolute atomic E-state index is 0.340. The van der Waals surface area contributed by atoms with Gasteiger partial charge in [0.15, 0.2) is 11.5 Å². The van der Waals surface area contributed by atoms with Crippen LogP contribution in [0.2, 0.25) is 5.02 Å². The standard InChI is InChI=1S/C20H21ClN4O5S/c1-27-14-6-5-11(7-17(14)30-4)8-18-24-25-20(31-18)23-19(26)22-13-9-12(21)15(28-2)10-16(13)29-3/h5-7,9-10H,8H2,1-4H3,(H2,22,23,25,26). The number of benzene rings is 2. The van der Waals surface area contributed by atoms with E-state index < -0.39 is 6.03 Å². The van der Waals surface area contributed by atoms with Crippen LogP contribution in [0.5, 0.6) is 23.0 Å². The first-order chi connectivity index (χ1) is 15.0. The maximum Gasteiger partial charge on any atom is 0.325 e. The van der Waals surface area contributed by atoms with E-state index in [1.165, 1.54) is 25.6 Å². The van der Waals surface area contributed by atoms with Gasteiger partial charge < -0.3 is 24.3 Å². The molecule has 1 heterocycles. The van der Waals surface area contributed by atoms with Crippen molar-refractivity contribution in [2.24, 2.45) is 0 Å². The van der Waals surface area contributed by atoms with Crippen LogP contribution in [-0.4, -0.2) is 44.7 Å². The van der Waals surface area contributed by atoms with E-state index in [-0.39, 0.29) is 0 Å². The third kappa shape index (κ3) is 5.47. The Morgan fingerprint density at radius 1 is 0.903 bits per heavy atom. The minimum Gasteiger partial charge on any atom is -0.495 e. The number of halogens is 1. The fraction of sp³-hybridized carbons (Fsp3) is 0.250. The summed E-state index contributed by atoms with van der Waals surface area (Å²) in [6.45, 7) is 0. The lowest BCUT2D eigenvalue weighted by Gasteiger charge is -2.12. The van der Waals surface area contributed by atoms with Gasteiger partial charge in [0, 0.05) is 12.5 Å². The molecule has 0 unspecified atom stereocenters. The van der Waals surface area contributed by atoms with Crippen molar-refractivity contribution in [3.8, 4) is 23.0 Å². The van der Waals surface area contributed by atoms with Crippen molar-refractivity contribution in [3.63, 3.8) is 0 Å². The Kier molecular flexibility index (Phi) is 7.37. The number of nitrogens with zero attached hydrogens (tertiary/aromatic N) is 2. The Hall–Kier alpha value is -3.24. The van der Waals surface area contributed by atoms with E-state index in [2.05, 4.69) is 20.8 Å². The highest BCUT2D eigenvalue weighted by Crippen LogP contribution is 2.36. The molecule has 3 aromatic rings. The molecule has 0 aliphatic heterocycles. The zero-order valence-corrected chi connectivity index (χ0v) is 18.9. The Balaban J connectivity index is 1.66. The third-order valence-electron chi connectivity index (χ3n) is 4.21. The summed E-state index contributed by atoms with van der Waals surface area (Å²) in [5.74, 6) is 2.13. The number of carbonyl (C=O) groups is 1. The summed E-state index contributed by atoms with van der Waals surface area (Å²) >= 11 is 7.40. The fourth-order valence-electron chi connectivity index (χ4n) is 2.75. The molecule has 2 N–H and O–H groups in total. The van der Waals surface area contributed by atoms with Gasteiger partial charge in [0.2, 0.25) is 5.13 Å². The van der Waals surface area contributed by atoms with Crippen LogP contribution in [-0.2, 0) is 6.42 Å². The Labute approximate surface area is 188 Å². The van der Waals surface area contributed by atoms with Gasteiger partial charge in [0.25, 0.3) is 0 Å². The predicted octanol–water partition coefficient (Wildman–Crippen LogP) is 4.46. The van der Waals surface area contributed by atoms with E-state index in [0.29, 0.717) is 45.3 Å². The van der Waals surface area contributed by atoms with Crippen molar-refractivity contribution >= 4 is 39.8 Å². The number of urea groups is 1. The summed E-state index contributed by atoms with van der Waals surface area (Å²) < 4.78 is 21.0. The van der Waals surface area contributed by atoms with Gasteiger partial charge in [-0.25, -0.2) is 4.79 Å². The van der Waals surface area contributed by atoms with E-state index in [1.807, 2.05) is 18.2 Å². The number of aromatic nitrogens is 2. The molecule has 0 spiro atoms. The van der Waals surface area contributed by atoms with Crippen LogP contribution in [0.15, 0.2) is 30.3 Å². The summed E-state index contributed by atoms with van der Waals surface area (Å²) in [5, 5.41) is 14.9. The molecule has 9 nitrogen and oxygen atoms in total. The lowest BCUT2D eigenvalue weighted by molar-refractivity contribution is 0.262. The van der Waals surface area contributed by atoms with Crippen molar-refractivity contribution in [3.05, 3.63) is 45.9 Å². The Morgan fingerprint density at radius 3 is 2.29 bits per heavy atom. The number of rotatable bonds is 8. The largest absolute Gasteiger partial charge is 0.495 e. The molecule has 0 bridgehead atoms. The van der Waals surface area contributed by atoms with Crippen molar-refractivity contribution in [2.45, 2.75) is 6.42 Å². The van der Waals surface area contributed by atoms with Crippen molar-refractivity contribution in [1.82, 2.24) is 10.2 Å². The van der Waals surface area contributed by atoms with Gasteiger partial charge in [-0.3, -0.25) is 5.32 Å². The lowest BCUT2D eigenvalue weighted by atomic mass is 10.1. The van der Waals surface area contributed by atoms with E-state index in [1.54, 1.807) is 26.4 Å². The first kappa shape index (κ1) is 22.4. The second-order valence-electron chi connectivity index (χ2n) is 6.13. The topological polar surface area (TPSA) is 104 Å². The molecule has 2 aromatic carbocycles. The van der Waals surface area contributed by atoms with E-state index in [0.717, 1.165) is 10.6 Å². The summed E-state index contributed by atoms with van der Waals surface area (Å²) in [5.41, 5.74) is 1.36. The molecule has 1 aromatic heterocycles. The average Bonchev–Trinajstić information content (AvgIpc) is 3.20. The van der Waals surface area contributed by atoms with E-state index in [9.17, 15) is 4.79 Å². The molecule has 3 rings (SSSR count). The van der Waals surface area contributed by atoms with Crippen LogP contribution < -0.4 is 29.6 Å². The molecule has 0 saturated heterocycles. The molecular weight excluding hydrogens is 444 g/mol. The van der Waals surface area contributed by atoms with Crippen molar-refractivity contribution in [1.29, 1.82) is 0 Å². The zero-order chi connectivity index (χ0) is 22.4. The molecule has 0 aliphatic carbocycles. The average molecular weight is 465 g/mol. The van der Waals surface area contributed by atoms with Gasteiger partial charge in [0.05, 0.1) is 39.1 Å². The number of hydrogen-bond acceptors (Lipinski definition) is 8. The zero-order valence-electron chi connectivity index (χ0n) is 17.3. The molecule has 0 fully saturated rings. The van der Waals surface area contributed by atoms with Gasteiger partial charge in [-0.15, -0.1) is 10.2 Å². The lowest BCUT2D eigenvalue weighted by Crippen LogP contribution is -2.19. The molecule has 0 radical (unpaired) electrons. The summed E-state index contributed by atoms with van der Waals surface area (Å²) in [6, 6.07) is 8.25. The maximum atomic E-state index is 12.4. The third-order valence-corrected chi connectivity index (χ3v) is 5.35. The van der Waals surface area contributed by atoms with Gasteiger partial charge in [0.1, 0.15) is 16.5 Å². The van der Waals surface area contributed by atoms with Crippen LogP contribution in [0, 0.1) is 0 Å². The number of hydrogen-bond donors (Lipinski definition) is 2. The van der Waals surface area contributed by atoms with Gasteiger partial charge in [-0.05, 0) is 23.8 Å². The molecule has 0 saturated carbocycles. The quantitative estimate of drug-likeness (QED) is 0.507. The second kappa shape index (κ2) is 10.2. The monoisotopic (exact) mass is 464 g/mol. The number of ether oxygens (including phenoxy) is 4. The van der Waals surface area contributed by atoms with Crippen molar-refractivity contribution < 1.29 is 23.7 Å². The van der Waals surface area contributed by atoms with Crippen molar-refractivity contribution in [2.75, 3.05) is 39.1 Å². The van der Waals surface area contributed by atoms with Crippen LogP contribution >= 0.6 is 22.9 Å². The number of nitrogens with one attached hydrogen (secondary N) is 2. The number of methoxy groups -OCH3 is 4. The number of amides is 2. The molecular formula is C20H21ClN4O5S. The molecule has 2 amide bonds. The van der Waals surface area contributed by atoms with Gasteiger partial charge in [-0.2, -0.15) is 0 Å². The first-order valence-corrected chi connectivity index (χ1v) is 10.2. The SMILES string of the molecule is COc1cc(OC)c(NC(=O)Nc2nnc(Cc3ccc(OC)c(OC)c3)s2)cc1Cl. The predicted molar refractivity (Wildman–Crippen MR) is 119 cm³/mol. The second-order valence-corrected chi connectivity index (χ2v) is 7.60. The molecule has 0 atom stereocenters. The van der Waals surface area contributed by atoms with E-state index >= 15 is 0 Å². The minimum atomic E-state index is -0.506. The summed E-state index contributed by atoms with van der Waals surface area (Å²) in [6.07, 6.45) is 0.531. The molecule has 164 valence electrons. The smallest absolute Gasteiger partial charge is 0.325 e. The molecule has 31 heavy (non-hydrogen) atoms. The van der Waals surface area contributed by atoms with E-state index in [4.69, 9.17) is 30.5 Å². The first-order valence-electron chi connectivity index (χ1n) is 9.00. The Bertz CT molecular complexity index is 1080. The normalized spacial score (nSPS) is 10.4. The van der Waals surface area contributed by atoms with Crippen LogP contribution in [0.4, 0.5) is 15.6 Å². The number of carbonyl (C=O) groups excluding carboxylic acids is 1. The number of anilines is 2. The highest BCUT2D eigenvalue weighted by molar-refractivity contribution is 7.15. The van der Waals surface area contributed by atoms with Crippen LogP contribution in [0.1, 0.15) is 10.6 Å². The highest BCUT2D eigenvalue weighted by atomic mass is 35.5.